The maximum absolute atomic E-state index is 3.63. The average Bonchev–Trinajstić information content (AvgIpc) is 2.67. The van der Waals surface area contributed by atoms with E-state index in [1.807, 2.05) is 0 Å². The van der Waals surface area contributed by atoms with Gasteiger partial charge in [-0.2, -0.15) is 0 Å². The molecule has 1 saturated carbocycles. The molecule has 0 amide bonds. The number of nitrogens with one attached hydrogen (secondary N) is 2. The second-order valence-electron chi connectivity index (χ2n) is 3.93. The summed E-state index contributed by atoms with van der Waals surface area (Å²) >= 11 is 0. The predicted molar refractivity (Wildman–Crippen MR) is 46.6 cm³/mol. The number of hydrogen-bond donors (Lipinski definition) is 2. The van der Waals surface area contributed by atoms with Gasteiger partial charge in [0.05, 0.1) is 0 Å². The third-order valence-electron chi connectivity index (χ3n) is 2.78. The Labute approximate surface area is 68.7 Å². The van der Waals surface area contributed by atoms with Gasteiger partial charge in [-0.05, 0) is 39.2 Å². The molecule has 2 atom stereocenters. The molecule has 0 aromatic rings. The van der Waals surface area contributed by atoms with Crippen LogP contribution in [0.3, 0.4) is 0 Å². The first kappa shape index (κ1) is 7.56. The highest BCUT2D eigenvalue weighted by molar-refractivity contribution is 4.90. The van der Waals surface area contributed by atoms with Crippen LogP contribution in [0.1, 0.15) is 32.6 Å². The SMILES string of the molecule is CC(NC1CC1)C1CCCN1. The maximum atomic E-state index is 3.63. The van der Waals surface area contributed by atoms with E-state index in [1.165, 1.54) is 32.2 Å². The lowest BCUT2D eigenvalue weighted by Gasteiger charge is -2.20. The molecule has 2 unspecified atom stereocenters. The molecule has 0 radical (unpaired) electrons. The van der Waals surface area contributed by atoms with Crippen LogP contribution in [-0.4, -0.2) is 24.7 Å². The molecule has 1 saturated heterocycles. The van der Waals surface area contributed by atoms with Gasteiger partial charge in [0.2, 0.25) is 0 Å². The lowest BCUT2D eigenvalue weighted by molar-refractivity contribution is 0.424. The summed E-state index contributed by atoms with van der Waals surface area (Å²) in [6.07, 6.45) is 5.52. The zero-order chi connectivity index (χ0) is 7.68. The molecule has 0 spiro atoms. The molecule has 2 fully saturated rings. The molecular weight excluding hydrogens is 136 g/mol. The summed E-state index contributed by atoms with van der Waals surface area (Å²) in [5.41, 5.74) is 0. The van der Waals surface area contributed by atoms with E-state index in [0.717, 1.165) is 12.1 Å². The minimum atomic E-state index is 0.685. The van der Waals surface area contributed by atoms with E-state index in [2.05, 4.69) is 17.6 Å². The summed E-state index contributed by atoms with van der Waals surface area (Å²) in [5, 5.41) is 7.16. The Bertz CT molecular complexity index is 126. The van der Waals surface area contributed by atoms with E-state index in [9.17, 15) is 0 Å². The second kappa shape index (κ2) is 3.11. The van der Waals surface area contributed by atoms with Gasteiger partial charge < -0.3 is 10.6 Å². The highest BCUT2D eigenvalue weighted by Crippen LogP contribution is 2.21. The van der Waals surface area contributed by atoms with Crippen molar-refractivity contribution >= 4 is 0 Å². The standard InChI is InChI=1S/C9H18N2/c1-7(11-8-4-5-8)9-3-2-6-10-9/h7-11H,2-6H2,1H3. The summed E-state index contributed by atoms with van der Waals surface area (Å²) in [6, 6.07) is 2.29. The molecule has 1 heterocycles. The van der Waals surface area contributed by atoms with Crippen molar-refractivity contribution in [3.8, 4) is 0 Å². The van der Waals surface area contributed by atoms with E-state index in [-0.39, 0.29) is 0 Å². The third-order valence-corrected chi connectivity index (χ3v) is 2.78. The molecule has 2 aliphatic rings. The van der Waals surface area contributed by atoms with Crippen molar-refractivity contribution < 1.29 is 0 Å². The van der Waals surface area contributed by atoms with Gasteiger partial charge >= 0.3 is 0 Å². The van der Waals surface area contributed by atoms with Crippen LogP contribution in [0.2, 0.25) is 0 Å². The quantitative estimate of drug-likeness (QED) is 0.630. The predicted octanol–water partition coefficient (Wildman–Crippen LogP) is 0.879. The molecule has 2 heteroatoms. The molecular formula is C9H18N2. The van der Waals surface area contributed by atoms with Crippen molar-refractivity contribution in [3.05, 3.63) is 0 Å². The largest absolute Gasteiger partial charge is 0.312 e. The fourth-order valence-corrected chi connectivity index (χ4v) is 1.88. The Morgan fingerprint density at radius 3 is 2.73 bits per heavy atom. The fraction of sp³-hybridized carbons (Fsp3) is 1.00. The van der Waals surface area contributed by atoms with Gasteiger partial charge in [-0.3, -0.25) is 0 Å². The Balaban J connectivity index is 1.73. The Morgan fingerprint density at radius 1 is 1.36 bits per heavy atom. The second-order valence-corrected chi connectivity index (χ2v) is 3.93. The summed E-state index contributed by atoms with van der Waals surface area (Å²) in [4.78, 5) is 0. The van der Waals surface area contributed by atoms with Crippen molar-refractivity contribution in [3.63, 3.8) is 0 Å². The van der Waals surface area contributed by atoms with Crippen LogP contribution in [0.25, 0.3) is 0 Å². The molecule has 11 heavy (non-hydrogen) atoms. The first-order valence-electron chi connectivity index (χ1n) is 4.86. The average molecular weight is 154 g/mol. The van der Waals surface area contributed by atoms with Gasteiger partial charge in [0.15, 0.2) is 0 Å². The third kappa shape index (κ3) is 1.94. The molecule has 1 aliphatic carbocycles. The van der Waals surface area contributed by atoms with Gasteiger partial charge in [0.25, 0.3) is 0 Å². The first-order chi connectivity index (χ1) is 5.36. The Kier molecular flexibility index (Phi) is 2.14. The summed E-state index contributed by atoms with van der Waals surface area (Å²) in [6.45, 7) is 3.53. The van der Waals surface area contributed by atoms with E-state index in [1.54, 1.807) is 0 Å². The van der Waals surface area contributed by atoms with Crippen molar-refractivity contribution in [2.24, 2.45) is 0 Å². The maximum Gasteiger partial charge on any atom is 0.0219 e. The van der Waals surface area contributed by atoms with Crippen LogP contribution >= 0.6 is 0 Å². The molecule has 0 aromatic heterocycles. The fourth-order valence-electron chi connectivity index (χ4n) is 1.88. The summed E-state index contributed by atoms with van der Waals surface area (Å²) in [7, 11) is 0. The Hall–Kier alpha value is -0.0800. The van der Waals surface area contributed by atoms with Crippen molar-refractivity contribution in [2.45, 2.75) is 50.7 Å². The number of rotatable bonds is 3. The van der Waals surface area contributed by atoms with Crippen LogP contribution in [0, 0.1) is 0 Å². The van der Waals surface area contributed by atoms with Gasteiger partial charge in [0.1, 0.15) is 0 Å². The minimum Gasteiger partial charge on any atom is -0.312 e. The molecule has 0 aromatic carbocycles. The topological polar surface area (TPSA) is 24.1 Å². The Morgan fingerprint density at radius 2 is 2.18 bits per heavy atom. The van der Waals surface area contributed by atoms with Crippen LogP contribution < -0.4 is 10.6 Å². The van der Waals surface area contributed by atoms with Crippen LogP contribution in [-0.2, 0) is 0 Å². The first-order valence-corrected chi connectivity index (χ1v) is 4.86. The lowest BCUT2D eigenvalue weighted by Crippen LogP contribution is -2.43. The zero-order valence-electron chi connectivity index (χ0n) is 7.27. The molecule has 2 N–H and O–H groups in total. The summed E-state index contributed by atoms with van der Waals surface area (Å²) < 4.78 is 0. The minimum absolute atomic E-state index is 0.685. The van der Waals surface area contributed by atoms with Gasteiger partial charge in [-0.1, -0.05) is 0 Å². The van der Waals surface area contributed by atoms with E-state index >= 15 is 0 Å². The molecule has 64 valence electrons. The smallest absolute Gasteiger partial charge is 0.0219 e. The summed E-state index contributed by atoms with van der Waals surface area (Å²) in [5.74, 6) is 0. The van der Waals surface area contributed by atoms with Crippen LogP contribution in [0.15, 0.2) is 0 Å². The normalized spacial score (nSPS) is 34.1. The van der Waals surface area contributed by atoms with Crippen LogP contribution in [0.5, 0.6) is 0 Å². The molecule has 0 bridgehead atoms. The zero-order valence-corrected chi connectivity index (χ0v) is 7.27. The lowest BCUT2D eigenvalue weighted by atomic mass is 10.1. The van der Waals surface area contributed by atoms with Crippen molar-refractivity contribution in [1.82, 2.24) is 10.6 Å². The molecule has 1 aliphatic heterocycles. The van der Waals surface area contributed by atoms with Gasteiger partial charge in [-0.15, -0.1) is 0 Å². The van der Waals surface area contributed by atoms with E-state index in [4.69, 9.17) is 0 Å². The van der Waals surface area contributed by atoms with E-state index in [0.29, 0.717) is 6.04 Å². The number of hydrogen-bond acceptors (Lipinski definition) is 2. The van der Waals surface area contributed by atoms with Gasteiger partial charge in [-0.25, -0.2) is 0 Å². The van der Waals surface area contributed by atoms with Crippen LogP contribution in [0.4, 0.5) is 0 Å². The van der Waals surface area contributed by atoms with Gasteiger partial charge in [0, 0.05) is 18.1 Å². The highest BCUT2D eigenvalue weighted by atomic mass is 15.1. The van der Waals surface area contributed by atoms with Crippen molar-refractivity contribution in [1.29, 1.82) is 0 Å². The molecule has 2 nitrogen and oxygen atoms in total. The molecule has 2 rings (SSSR count). The van der Waals surface area contributed by atoms with Crippen molar-refractivity contribution in [2.75, 3.05) is 6.54 Å². The highest BCUT2D eigenvalue weighted by Gasteiger charge is 2.27. The monoisotopic (exact) mass is 154 g/mol. The van der Waals surface area contributed by atoms with E-state index < -0.39 is 0 Å².